The molecule has 76 valence electrons. The summed E-state index contributed by atoms with van der Waals surface area (Å²) in [7, 11) is 0. The molecule has 0 fully saturated rings. The first kappa shape index (κ1) is 9.72. The van der Waals surface area contributed by atoms with Crippen LogP contribution in [-0.4, -0.2) is 5.43 Å². The highest BCUT2D eigenvalue weighted by Crippen LogP contribution is 2.34. The predicted molar refractivity (Wildman–Crippen MR) is 50.2 cm³/mol. The fraction of sp³-hybridized carbons (Fsp3) is 0.125. The van der Waals surface area contributed by atoms with Gasteiger partial charge in [-0.15, -0.1) is 0 Å². The number of ether oxygens (including phenoxy) is 1. The molecule has 1 heterocycles. The van der Waals surface area contributed by atoms with E-state index in [9.17, 15) is 4.79 Å². The molecule has 0 saturated heterocycles. The van der Waals surface area contributed by atoms with Gasteiger partial charge in [-0.1, -0.05) is 40.6 Å². The molecular formula is C8H5ClN4O2. The van der Waals surface area contributed by atoms with Crippen LogP contribution in [0.4, 0.5) is 4.79 Å². The van der Waals surface area contributed by atoms with Crippen LogP contribution in [0.1, 0.15) is 5.56 Å². The number of rotatable bonds is 2. The third kappa shape index (κ3) is 1.84. The third-order valence-electron chi connectivity index (χ3n) is 1.77. The molecule has 1 aliphatic rings. The first-order chi connectivity index (χ1) is 7.23. The standard InChI is InChI=1S/C8H5ClN4O2/c9-7(14)15-8(10-12-13-11-8)6-4-2-1-3-5-6/h1-5H. The Labute approximate surface area is 89.6 Å². The van der Waals surface area contributed by atoms with E-state index in [-0.39, 0.29) is 0 Å². The van der Waals surface area contributed by atoms with E-state index in [0.29, 0.717) is 5.56 Å². The van der Waals surface area contributed by atoms with Crippen molar-refractivity contribution >= 4 is 17.0 Å². The maximum atomic E-state index is 10.7. The molecule has 6 nitrogen and oxygen atoms in total. The van der Waals surface area contributed by atoms with Gasteiger partial charge in [0.2, 0.25) is 0 Å². The molecule has 0 aromatic heterocycles. The van der Waals surface area contributed by atoms with Gasteiger partial charge in [0.25, 0.3) is 0 Å². The average molecular weight is 225 g/mol. The molecule has 15 heavy (non-hydrogen) atoms. The summed E-state index contributed by atoms with van der Waals surface area (Å²) in [6.07, 6.45) is 0. The predicted octanol–water partition coefficient (Wildman–Crippen LogP) is 3.01. The quantitative estimate of drug-likeness (QED) is 0.724. The Hall–Kier alpha value is -1.82. The highest BCUT2D eigenvalue weighted by atomic mass is 35.5. The van der Waals surface area contributed by atoms with Crippen LogP contribution in [-0.2, 0) is 10.6 Å². The van der Waals surface area contributed by atoms with Gasteiger partial charge in [0.15, 0.2) is 0 Å². The minimum Gasteiger partial charge on any atom is -0.397 e. The average Bonchev–Trinajstić information content (AvgIpc) is 2.68. The van der Waals surface area contributed by atoms with Crippen LogP contribution in [0.2, 0.25) is 0 Å². The van der Waals surface area contributed by atoms with Crippen LogP contribution in [0.25, 0.3) is 0 Å². The van der Waals surface area contributed by atoms with E-state index in [4.69, 9.17) is 16.3 Å². The summed E-state index contributed by atoms with van der Waals surface area (Å²) in [6, 6.07) is 8.68. The number of hydrogen-bond acceptors (Lipinski definition) is 6. The summed E-state index contributed by atoms with van der Waals surface area (Å²) >= 11 is 5.13. The van der Waals surface area contributed by atoms with Gasteiger partial charge in [-0.05, 0) is 10.4 Å². The van der Waals surface area contributed by atoms with Crippen LogP contribution in [0.3, 0.4) is 0 Å². The number of hydrogen-bond donors (Lipinski definition) is 0. The smallest absolute Gasteiger partial charge is 0.397 e. The third-order valence-corrected chi connectivity index (χ3v) is 1.85. The number of carbonyl (C=O) groups excluding carboxylic acids is 1. The lowest BCUT2D eigenvalue weighted by Gasteiger charge is -2.17. The van der Waals surface area contributed by atoms with Gasteiger partial charge >= 0.3 is 11.3 Å². The fourth-order valence-corrected chi connectivity index (χ4v) is 1.27. The van der Waals surface area contributed by atoms with Crippen molar-refractivity contribution in [2.24, 2.45) is 20.7 Å². The number of nitrogens with zero attached hydrogens (tertiary/aromatic N) is 4. The first-order valence-corrected chi connectivity index (χ1v) is 4.39. The van der Waals surface area contributed by atoms with Crippen LogP contribution in [0.15, 0.2) is 51.0 Å². The highest BCUT2D eigenvalue weighted by molar-refractivity contribution is 6.61. The molecule has 1 aromatic rings. The zero-order valence-corrected chi connectivity index (χ0v) is 8.13. The van der Waals surface area contributed by atoms with E-state index in [1.54, 1.807) is 24.3 Å². The van der Waals surface area contributed by atoms with Crippen molar-refractivity contribution in [1.82, 2.24) is 0 Å². The van der Waals surface area contributed by atoms with E-state index in [0.717, 1.165) is 0 Å². The maximum Gasteiger partial charge on any atom is 0.407 e. The molecule has 1 aromatic carbocycles. The molecule has 0 radical (unpaired) electrons. The normalized spacial score (nSPS) is 16.6. The van der Waals surface area contributed by atoms with Crippen LogP contribution < -0.4 is 0 Å². The van der Waals surface area contributed by atoms with Crippen molar-refractivity contribution in [3.63, 3.8) is 0 Å². The second kappa shape index (κ2) is 3.74. The number of benzene rings is 1. The zero-order valence-electron chi connectivity index (χ0n) is 7.37. The van der Waals surface area contributed by atoms with Crippen LogP contribution in [0.5, 0.6) is 0 Å². The summed E-state index contributed by atoms with van der Waals surface area (Å²) < 4.78 is 4.79. The lowest BCUT2D eigenvalue weighted by Crippen LogP contribution is -2.24. The summed E-state index contributed by atoms with van der Waals surface area (Å²) in [4.78, 5) is 10.7. The molecule has 0 saturated carbocycles. The second-order valence-electron chi connectivity index (χ2n) is 2.69. The maximum absolute atomic E-state index is 10.7. The monoisotopic (exact) mass is 224 g/mol. The lowest BCUT2D eigenvalue weighted by atomic mass is 10.1. The summed E-state index contributed by atoms with van der Waals surface area (Å²) in [5.41, 5.74) is -0.484. The van der Waals surface area contributed by atoms with Crippen molar-refractivity contribution in [1.29, 1.82) is 0 Å². The molecule has 1 aliphatic heterocycles. The molecule has 0 spiro atoms. The van der Waals surface area contributed by atoms with Gasteiger partial charge in [-0.2, -0.15) is 0 Å². The molecule has 0 amide bonds. The molecular weight excluding hydrogens is 220 g/mol. The Bertz CT molecular complexity index is 420. The zero-order chi connectivity index (χ0) is 10.7. The summed E-state index contributed by atoms with van der Waals surface area (Å²) in [5.74, 6) is -1.56. The lowest BCUT2D eigenvalue weighted by molar-refractivity contribution is 0.0356. The molecule has 0 atom stereocenters. The van der Waals surface area contributed by atoms with Crippen molar-refractivity contribution in [2.45, 2.75) is 5.85 Å². The largest absolute Gasteiger partial charge is 0.407 e. The van der Waals surface area contributed by atoms with E-state index >= 15 is 0 Å². The molecule has 0 unspecified atom stereocenters. The highest BCUT2D eigenvalue weighted by Gasteiger charge is 2.39. The topological polar surface area (TPSA) is 75.7 Å². The van der Waals surface area contributed by atoms with Crippen molar-refractivity contribution in [3.8, 4) is 0 Å². The van der Waals surface area contributed by atoms with E-state index in [1.165, 1.54) is 0 Å². The molecule has 7 heteroatoms. The van der Waals surface area contributed by atoms with E-state index in [2.05, 4.69) is 20.7 Å². The van der Waals surface area contributed by atoms with Gasteiger partial charge in [0, 0.05) is 17.2 Å². The van der Waals surface area contributed by atoms with Gasteiger partial charge in [0.05, 0.1) is 0 Å². The van der Waals surface area contributed by atoms with E-state index in [1.807, 2.05) is 6.07 Å². The van der Waals surface area contributed by atoms with Crippen LogP contribution >= 0.6 is 11.6 Å². The van der Waals surface area contributed by atoms with Crippen LogP contribution in [0, 0.1) is 0 Å². The minimum atomic E-state index is -1.56. The van der Waals surface area contributed by atoms with Gasteiger partial charge < -0.3 is 4.74 Å². The van der Waals surface area contributed by atoms with E-state index < -0.39 is 11.3 Å². The van der Waals surface area contributed by atoms with Gasteiger partial charge in [-0.3, -0.25) is 0 Å². The fourth-order valence-electron chi connectivity index (χ4n) is 1.16. The molecule has 0 aliphatic carbocycles. The first-order valence-electron chi connectivity index (χ1n) is 4.01. The Kier molecular flexibility index (Phi) is 2.42. The number of carbonyl (C=O) groups is 1. The SMILES string of the molecule is O=C(Cl)OC1(c2ccccc2)N=NN=N1. The van der Waals surface area contributed by atoms with Gasteiger partial charge in [0.1, 0.15) is 0 Å². The Morgan fingerprint density at radius 2 is 1.80 bits per heavy atom. The molecule has 2 rings (SSSR count). The Balaban J connectivity index is 2.40. The second-order valence-corrected chi connectivity index (χ2v) is 3.00. The Morgan fingerprint density at radius 3 is 2.33 bits per heavy atom. The van der Waals surface area contributed by atoms with Crippen molar-refractivity contribution in [3.05, 3.63) is 35.9 Å². The minimum absolute atomic E-state index is 0.531. The van der Waals surface area contributed by atoms with Crippen molar-refractivity contribution < 1.29 is 9.53 Å². The Morgan fingerprint density at radius 1 is 1.20 bits per heavy atom. The molecule has 0 bridgehead atoms. The summed E-state index contributed by atoms with van der Waals surface area (Å²) in [6.45, 7) is 0. The number of halogens is 1. The summed E-state index contributed by atoms with van der Waals surface area (Å²) in [5, 5.41) is 13.9. The molecule has 0 N–H and O–H groups in total. The van der Waals surface area contributed by atoms with Crippen molar-refractivity contribution in [2.75, 3.05) is 0 Å². The van der Waals surface area contributed by atoms with Gasteiger partial charge in [-0.25, -0.2) is 4.79 Å².